The zero-order valence-electron chi connectivity index (χ0n) is 12.2. The summed E-state index contributed by atoms with van der Waals surface area (Å²) in [6.07, 6.45) is 0. The molecule has 6 heteroatoms. The van der Waals surface area contributed by atoms with Gasteiger partial charge in [0, 0.05) is 29.2 Å². The molecule has 0 aliphatic carbocycles. The number of ether oxygens (including phenoxy) is 1. The van der Waals surface area contributed by atoms with Gasteiger partial charge in [-0.3, -0.25) is 0 Å². The second kappa shape index (κ2) is 5.56. The van der Waals surface area contributed by atoms with Gasteiger partial charge >= 0.3 is 0 Å². The largest absolute Gasteiger partial charge is 0.438 e. The smallest absolute Gasteiger partial charge is 0.227 e. The molecule has 0 aliphatic heterocycles. The molecule has 112 valence electrons. The zero-order chi connectivity index (χ0) is 15.8. The molecule has 1 aromatic heterocycles. The van der Waals surface area contributed by atoms with Gasteiger partial charge in [-0.1, -0.05) is 32.4 Å². The molecule has 0 amide bonds. The maximum Gasteiger partial charge on any atom is 0.227 e. The second-order valence-corrected chi connectivity index (χ2v) is 6.08. The van der Waals surface area contributed by atoms with E-state index in [9.17, 15) is 8.78 Å². The molecule has 0 saturated carbocycles. The van der Waals surface area contributed by atoms with Crippen molar-refractivity contribution < 1.29 is 13.5 Å². The van der Waals surface area contributed by atoms with Crippen LogP contribution >= 0.6 is 11.6 Å². The van der Waals surface area contributed by atoms with Crippen LogP contribution in [-0.4, -0.2) is 9.97 Å². The number of halogens is 3. The SMILES string of the molecule is Cc1c(Cl)nc(C(C)(C)C)nc1Oc1cc(F)cc(F)c1. The van der Waals surface area contributed by atoms with Crippen molar-refractivity contribution in [3.63, 3.8) is 0 Å². The molecule has 1 heterocycles. The Labute approximate surface area is 127 Å². The van der Waals surface area contributed by atoms with Crippen LogP contribution in [0.15, 0.2) is 18.2 Å². The Hall–Kier alpha value is -1.75. The van der Waals surface area contributed by atoms with Crippen LogP contribution < -0.4 is 4.74 Å². The minimum atomic E-state index is -0.723. The molecular weight excluding hydrogens is 298 g/mol. The number of nitrogens with zero attached hydrogens (tertiary/aromatic N) is 2. The highest BCUT2D eigenvalue weighted by atomic mass is 35.5. The Bertz CT molecular complexity index is 664. The van der Waals surface area contributed by atoms with Gasteiger partial charge in [0.2, 0.25) is 5.88 Å². The Morgan fingerprint density at radius 2 is 1.62 bits per heavy atom. The maximum atomic E-state index is 13.2. The zero-order valence-corrected chi connectivity index (χ0v) is 12.9. The van der Waals surface area contributed by atoms with Crippen molar-refractivity contribution in [2.24, 2.45) is 0 Å². The first-order chi connectivity index (χ1) is 9.66. The Morgan fingerprint density at radius 1 is 1.05 bits per heavy atom. The predicted octanol–water partition coefficient (Wildman–Crippen LogP) is 4.81. The van der Waals surface area contributed by atoms with Crippen molar-refractivity contribution in [1.82, 2.24) is 9.97 Å². The molecule has 2 rings (SSSR count). The first-order valence-corrected chi connectivity index (χ1v) is 6.73. The van der Waals surface area contributed by atoms with Gasteiger partial charge in [0.05, 0.1) is 0 Å². The summed E-state index contributed by atoms with van der Waals surface area (Å²) in [5.74, 6) is -0.752. The number of rotatable bonds is 2. The van der Waals surface area contributed by atoms with Crippen molar-refractivity contribution in [3.8, 4) is 11.6 Å². The van der Waals surface area contributed by atoms with Crippen molar-refractivity contribution in [2.45, 2.75) is 33.1 Å². The average Bonchev–Trinajstić information content (AvgIpc) is 2.32. The maximum absolute atomic E-state index is 13.2. The number of aromatic nitrogens is 2. The summed E-state index contributed by atoms with van der Waals surface area (Å²) >= 11 is 6.07. The van der Waals surface area contributed by atoms with E-state index in [0.29, 0.717) is 11.4 Å². The van der Waals surface area contributed by atoms with Crippen LogP contribution in [0.4, 0.5) is 8.78 Å². The fourth-order valence-corrected chi connectivity index (χ4v) is 1.76. The summed E-state index contributed by atoms with van der Waals surface area (Å²) in [4.78, 5) is 8.50. The van der Waals surface area contributed by atoms with Gasteiger partial charge in [0.1, 0.15) is 28.4 Å². The van der Waals surface area contributed by atoms with Gasteiger partial charge in [0.25, 0.3) is 0 Å². The van der Waals surface area contributed by atoms with Crippen LogP contribution in [0.3, 0.4) is 0 Å². The van der Waals surface area contributed by atoms with E-state index in [4.69, 9.17) is 16.3 Å². The third-order valence-electron chi connectivity index (χ3n) is 2.76. The highest BCUT2D eigenvalue weighted by Gasteiger charge is 2.21. The molecule has 0 fully saturated rings. The third-order valence-corrected chi connectivity index (χ3v) is 3.13. The van der Waals surface area contributed by atoms with Gasteiger partial charge < -0.3 is 4.74 Å². The molecular formula is C15H15ClF2N2O. The Kier molecular flexibility index (Phi) is 4.14. The fraction of sp³-hybridized carbons (Fsp3) is 0.333. The molecule has 0 unspecified atom stereocenters. The Morgan fingerprint density at radius 3 is 2.14 bits per heavy atom. The third kappa shape index (κ3) is 3.67. The van der Waals surface area contributed by atoms with Crippen LogP contribution in [0.1, 0.15) is 32.2 Å². The van der Waals surface area contributed by atoms with Crippen LogP contribution in [0, 0.1) is 18.6 Å². The standard InChI is InChI=1S/C15H15ClF2N2O/c1-8-12(16)19-14(15(2,3)4)20-13(8)21-11-6-9(17)5-10(18)7-11/h5-7H,1-4H3. The average molecular weight is 313 g/mol. The van der Waals surface area contributed by atoms with Crippen molar-refractivity contribution in [2.75, 3.05) is 0 Å². The molecule has 0 saturated heterocycles. The van der Waals surface area contributed by atoms with Gasteiger partial charge in [-0.2, -0.15) is 4.98 Å². The molecule has 0 atom stereocenters. The predicted molar refractivity (Wildman–Crippen MR) is 76.9 cm³/mol. The van der Waals surface area contributed by atoms with E-state index in [1.165, 1.54) is 0 Å². The second-order valence-electron chi connectivity index (χ2n) is 5.73. The molecule has 0 spiro atoms. The van der Waals surface area contributed by atoms with Gasteiger partial charge in [-0.25, -0.2) is 13.8 Å². The topological polar surface area (TPSA) is 35.0 Å². The van der Waals surface area contributed by atoms with Crippen LogP contribution in [0.5, 0.6) is 11.6 Å². The van der Waals surface area contributed by atoms with Crippen LogP contribution in [0.2, 0.25) is 5.15 Å². The first-order valence-electron chi connectivity index (χ1n) is 6.35. The van der Waals surface area contributed by atoms with Crippen LogP contribution in [-0.2, 0) is 5.41 Å². The molecule has 21 heavy (non-hydrogen) atoms. The van der Waals surface area contributed by atoms with Crippen molar-refractivity contribution in [3.05, 3.63) is 46.4 Å². The van der Waals surface area contributed by atoms with E-state index >= 15 is 0 Å². The van der Waals surface area contributed by atoms with E-state index in [-0.39, 0.29) is 22.2 Å². The van der Waals surface area contributed by atoms with Gasteiger partial charge in [0.15, 0.2) is 0 Å². The van der Waals surface area contributed by atoms with E-state index in [1.54, 1.807) is 6.92 Å². The Balaban J connectivity index is 2.46. The normalized spacial score (nSPS) is 11.6. The molecule has 3 nitrogen and oxygen atoms in total. The number of hydrogen-bond acceptors (Lipinski definition) is 3. The lowest BCUT2D eigenvalue weighted by molar-refractivity contribution is 0.433. The molecule has 2 aromatic rings. The van der Waals surface area contributed by atoms with Gasteiger partial charge in [-0.15, -0.1) is 0 Å². The summed E-state index contributed by atoms with van der Waals surface area (Å²) in [6.45, 7) is 7.47. The van der Waals surface area contributed by atoms with E-state index in [1.807, 2.05) is 20.8 Å². The molecule has 0 N–H and O–H groups in total. The lowest BCUT2D eigenvalue weighted by Gasteiger charge is -2.19. The van der Waals surface area contributed by atoms with E-state index in [2.05, 4.69) is 9.97 Å². The van der Waals surface area contributed by atoms with Crippen molar-refractivity contribution >= 4 is 11.6 Å². The highest BCUT2D eigenvalue weighted by molar-refractivity contribution is 6.30. The number of benzene rings is 1. The monoisotopic (exact) mass is 312 g/mol. The van der Waals surface area contributed by atoms with E-state index < -0.39 is 11.6 Å². The highest BCUT2D eigenvalue weighted by Crippen LogP contribution is 2.30. The minimum absolute atomic E-state index is 0.0187. The van der Waals surface area contributed by atoms with Crippen molar-refractivity contribution in [1.29, 1.82) is 0 Å². The summed E-state index contributed by atoms with van der Waals surface area (Å²) in [7, 11) is 0. The summed E-state index contributed by atoms with van der Waals surface area (Å²) < 4.78 is 31.9. The summed E-state index contributed by atoms with van der Waals surface area (Å²) in [6, 6.07) is 2.93. The summed E-state index contributed by atoms with van der Waals surface area (Å²) in [5, 5.41) is 0.252. The minimum Gasteiger partial charge on any atom is -0.438 e. The van der Waals surface area contributed by atoms with Gasteiger partial charge in [-0.05, 0) is 6.92 Å². The molecule has 0 radical (unpaired) electrons. The van der Waals surface area contributed by atoms with Crippen LogP contribution in [0.25, 0.3) is 0 Å². The fourth-order valence-electron chi connectivity index (χ4n) is 1.60. The first kappa shape index (κ1) is 15.6. The molecule has 0 aliphatic rings. The summed E-state index contributed by atoms with van der Waals surface area (Å²) in [5.41, 5.74) is 0.178. The quantitative estimate of drug-likeness (QED) is 0.747. The lowest BCUT2D eigenvalue weighted by Crippen LogP contribution is -2.17. The van der Waals surface area contributed by atoms with E-state index in [0.717, 1.165) is 18.2 Å². The number of hydrogen-bond donors (Lipinski definition) is 0. The molecule has 0 bridgehead atoms. The molecule has 1 aromatic carbocycles. The lowest BCUT2D eigenvalue weighted by atomic mass is 9.96.